The minimum Gasteiger partial charge on any atom is -0.243 e. The lowest BCUT2D eigenvalue weighted by molar-refractivity contribution is -0.138. The number of benzene rings is 1. The van der Waals surface area contributed by atoms with E-state index < -0.39 is 23.5 Å². The molecule has 21 heavy (non-hydrogen) atoms. The van der Waals surface area contributed by atoms with Crippen molar-refractivity contribution < 1.29 is 26.3 Å². The van der Waals surface area contributed by atoms with Gasteiger partial charge in [0.25, 0.3) is 0 Å². The fourth-order valence-corrected chi connectivity index (χ4v) is 1.86. The third-order valence-corrected chi connectivity index (χ3v) is 2.99. The fraction of sp³-hybridized carbons (Fsp3) is 0.154. The lowest BCUT2D eigenvalue weighted by Crippen LogP contribution is -2.06. The van der Waals surface area contributed by atoms with Crippen molar-refractivity contribution in [2.45, 2.75) is 12.4 Å². The molecule has 0 aliphatic rings. The summed E-state index contributed by atoms with van der Waals surface area (Å²) in [6.07, 6.45) is -8.57. The van der Waals surface area contributed by atoms with Crippen LogP contribution in [0.15, 0.2) is 36.5 Å². The average Bonchev–Trinajstić information content (AvgIpc) is 2.37. The number of aromatic nitrogens is 1. The number of hydrogen-bond acceptors (Lipinski definition) is 1. The first-order chi connectivity index (χ1) is 9.59. The van der Waals surface area contributed by atoms with Gasteiger partial charge in [0.1, 0.15) is 5.15 Å². The van der Waals surface area contributed by atoms with Crippen LogP contribution in [0.1, 0.15) is 11.1 Å². The molecule has 0 unspecified atom stereocenters. The Bertz CT molecular complexity index is 645. The molecule has 0 saturated carbocycles. The smallest absolute Gasteiger partial charge is 0.243 e. The van der Waals surface area contributed by atoms with Crippen molar-refractivity contribution in [1.82, 2.24) is 4.98 Å². The molecule has 0 radical (unpaired) electrons. The summed E-state index contributed by atoms with van der Waals surface area (Å²) in [4.78, 5) is 3.42. The van der Waals surface area contributed by atoms with Crippen molar-refractivity contribution in [3.63, 3.8) is 0 Å². The minimum atomic E-state index is -4.61. The van der Waals surface area contributed by atoms with Gasteiger partial charge >= 0.3 is 12.4 Å². The molecule has 0 atom stereocenters. The largest absolute Gasteiger partial charge is 0.417 e. The van der Waals surface area contributed by atoms with E-state index >= 15 is 0 Å². The van der Waals surface area contributed by atoms with E-state index in [4.69, 9.17) is 11.6 Å². The van der Waals surface area contributed by atoms with Gasteiger partial charge in [0.05, 0.1) is 11.1 Å². The SMILES string of the molecule is FC(F)(F)c1ccc(-c2cc(C(F)(F)F)cnc2Cl)cc1. The van der Waals surface area contributed by atoms with Crippen LogP contribution >= 0.6 is 11.6 Å². The molecule has 0 aliphatic heterocycles. The van der Waals surface area contributed by atoms with Crippen LogP contribution in [-0.4, -0.2) is 4.98 Å². The Morgan fingerprint density at radius 2 is 1.33 bits per heavy atom. The van der Waals surface area contributed by atoms with Gasteiger partial charge < -0.3 is 0 Å². The first-order valence-corrected chi connectivity index (χ1v) is 5.87. The lowest BCUT2D eigenvalue weighted by Gasteiger charge is -2.11. The third-order valence-electron chi connectivity index (χ3n) is 2.69. The van der Waals surface area contributed by atoms with Gasteiger partial charge in [-0.25, -0.2) is 4.98 Å². The summed E-state index contributed by atoms with van der Waals surface area (Å²) >= 11 is 5.71. The molecule has 0 bridgehead atoms. The van der Waals surface area contributed by atoms with Gasteiger partial charge in [-0.1, -0.05) is 23.7 Å². The van der Waals surface area contributed by atoms with E-state index in [1.165, 1.54) is 0 Å². The second-order valence-corrected chi connectivity index (χ2v) is 4.49. The Kier molecular flexibility index (Phi) is 3.88. The van der Waals surface area contributed by atoms with Gasteiger partial charge in [0.2, 0.25) is 0 Å². The maximum Gasteiger partial charge on any atom is 0.417 e. The molecule has 0 saturated heterocycles. The quantitative estimate of drug-likeness (QED) is 0.502. The predicted octanol–water partition coefficient (Wildman–Crippen LogP) is 5.44. The fourth-order valence-electron chi connectivity index (χ4n) is 1.64. The summed E-state index contributed by atoms with van der Waals surface area (Å²) in [5, 5.41) is -0.220. The zero-order chi connectivity index (χ0) is 15.8. The zero-order valence-electron chi connectivity index (χ0n) is 10.1. The van der Waals surface area contributed by atoms with Gasteiger partial charge in [0.15, 0.2) is 0 Å². The highest BCUT2D eigenvalue weighted by atomic mass is 35.5. The summed E-state index contributed by atoms with van der Waals surface area (Å²) < 4.78 is 75.1. The van der Waals surface area contributed by atoms with Crippen molar-refractivity contribution in [1.29, 1.82) is 0 Å². The van der Waals surface area contributed by atoms with Crippen LogP contribution in [0.2, 0.25) is 5.15 Å². The van der Waals surface area contributed by atoms with Gasteiger partial charge in [-0.3, -0.25) is 0 Å². The number of hydrogen-bond donors (Lipinski definition) is 0. The number of rotatable bonds is 1. The molecular formula is C13H6ClF6N. The van der Waals surface area contributed by atoms with Crippen molar-refractivity contribution in [2.24, 2.45) is 0 Å². The second kappa shape index (κ2) is 5.22. The maximum atomic E-state index is 12.6. The van der Waals surface area contributed by atoms with Gasteiger partial charge in [-0.2, -0.15) is 26.3 Å². The molecule has 1 heterocycles. The van der Waals surface area contributed by atoms with E-state index in [-0.39, 0.29) is 16.3 Å². The van der Waals surface area contributed by atoms with Crippen molar-refractivity contribution in [3.8, 4) is 11.1 Å². The van der Waals surface area contributed by atoms with E-state index in [1.807, 2.05) is 0 Å². The molecular weight excluding hydrogens is 320 g/mol. The molecule has 0 fully saturated rings. The molecule has 1 aromatic heterocycles. The summed E-state index contributed by atoms with van der Waals surface area (Å²) in [6, 6.07) is 4.38. The highest BCUT2D eigenvalue weighted by Gasteiger charge is 2.32. The van der Waals surface area contributed by atoms with Crippen LogP contribution in [0.25, 0.3) is 11.1 Å². The molecule has 0 spiro atoms. The second-order valence-electron chi connectivity index (χ2n) is 4.14. The van der Waals surface area contributed by atoms with Crippen molar-refractivity contribution >= 4 is 11.6 Å². The summed E-state index contributed by atoms with van der Waals surface area (Å²) in [6.45, 7) is 0. The molecule has 112 valence electrons. The van der Waals surface area contributed by atoms with Crippen LogP contribution in [0.4, 0.5) is 26.3 Å². The van der Waals surface area contributed by atoms with Gasteiger partial charge in [-0.15, -0.1) is 0 Å². The maximum absolute atomic E-state index is 12.6. The van der Waals surface area contributed by atoms with Crippen LogP contribution in [0.5, 0.6) is 0 Å². The van der Waals surface area contributed by atoms with E-state index in [0.717, 1.165) is 30.3 Å². The monoisotopic (exact) mass is 325 g/mol. The molecule has 0 N–H and O–H groups in total. The molecule has 2 aromatic rings. The Hall–Kier alpha value is -1.76. The predicted molar refractivity (Wildman–Crippen MR) is 64.7 cm³/mol. The topological polar surface area (TPSA) is 12.9 Å². The van der Waals surface area contributed by atoms with Crippen molar-refractivity contribution in [2.75, 3.05) is 0 Å². The zero-order valence-corrected chi connectivity index (χ0v) is 10.8. The Balaban J connectivity index is 2.47. The first-order valence-electron chi connectivity index (χ1n) is 5.49. The van der Waals surface area contributed by atoms with Crippen molar-refractivity contribution in [3.05, 3.63) is 52.8 Å². The van der Waals surface area contributed by atoms with E-state index in [0.29, 0.717) is 6.20 Å². The third kappa shape index (κ3) is 3.47. The minimum absolute atomic E-state index is 0.0831. The highest BCUT2D eigenvalue weighted by molar-refractivity contribution is 6.32. The summed E-state index contributed by atoms with van der Waals surface area (Å²) in [7, 11) is 0. The normalized spacial score (nSPS) is 12.5. The number of nitrogens with zero attached hydrogens (tertiary/aromatic N) is 1. The summed E-state index contributed by atoms with van der Waals surface area (Å²) in [5.41, 5.74) is -1.89. The van der Waals surface area contributed by atoms with Gasteiger partial charge in [-0.05, 0) is 23.8 Å². The standard InChI is InChI=1S/C13H6ClF6N/c14-11-10(5-9(6-21-11)13(18,19)20)7-1-3-8(4-2-7)12(15,16)17/h1-6H. The highest BCUT2D eigenvalue weighted by Crippen LogP contribution is 2.36. The first kappa shape index (κ1) is 15.6. The average molecular weight is 326 g/mol. The summed E-state index contributed by atoms with van der Waals surface area (Å²) in [5.74, 6) is 0. The lowest BCUT2D eigenvalue weighted by atomic mass is 10.0. The number of pyridine rings is 1. The van der Waals surface area contributed by atoms with Gasteiger partial charge in [0, 0.05) is 11.8 Å². The molecule has 8 heteroatoms. The van der Waals surface area contributed by atoms with Crippen LogP contribution < -0.4 is 0 Å². The molecule has 1 nitrogen and oxygen atoms in total. The molecule has 0 amide bonds. The Labute approximate surface area is 120 Å². The van der Waals surface area contributed by atoms with Crippen LogP contribution in [0, 0.1) is 0 Å². The molecule has 1 aromatic carbocycles. The number of alkyl halides is 6. The Morgan fingerprint density at radius 1 is 0.810 bits per heavy atom. The van der Waals surface area contributed by atoms with E-state index in [2.05, 4.69) is 4.98 Å². The van der Waals surface area contributed by atoms with Crippen LogP contribution in [-0.2, 0) is 12.4 Å². The molecule has 2 rings (SSSR count). The van der Waals surface area contributed by atoms with E-state index in [9.17, 15) is 26.3 Å². The van der Waals surface area contributed by atoms with E-state index in [1.54, 1.807) is 0 Å². The molecule has 0 aliphatic carbocycles. The number of halogens is 7. The Morgan fingerprint density at radius 3 is 1.81 bits per heavy atom. The van der Waals surface area contributed by atoms with Crippen LogP contribution in [0.3, 0.4) is 0 Å².